The maximum absolute atomic E-state index is 11.5. The summed E-state index contributed by atoms with van der Waals surface area (Å²) < 4.78 is 2.86. The molecule has 1 heterocycles. The number of hydrogen-bond acceptors (Lipinski definition) is 6. The highest BCUT2D eigenvalue weighted by atomic mass is 32.2. The molecular weight excluding hydrogens is 322 g/mol. The molecule has 0 fully saturated rings. The van der Waals surface area contributed by atoms with E-state index in [1.165, 1.54) is 30.2 Å². The number of nitrogens with zero attached hydrogens (tertiary/aromatic N) is 1. The maximum atomic E-state index is 11.5. The van der Waals surface area contributed by atoms with Crippen molar-refractivity contribution in [1.29, 1.82) is 0 Å². The number of carbonyl (C=O) groups excluding carboxylic acids is 1. The minimum Gasteiger partial charge on any atom is -0.480 e. The second kappa shape index (κ2) is 8.50. The first-order valence-electron chi connectivity index (χ1n) is 7.13. The normalized spacial score (nSPS) is 12.9. The Labute approximate surface area is 139 Å². The van der Waals surface area contributed by atoms with E-state index in [4.69, 9.17) is 0 Å². The lowest BCUT2D eigenvalue weighted by Gasteiger charge is -2.30. The zero-order valence-electron chi connectivity index (χ0n) is 13.3. The third-order valence-corrected chi connectivity index (χ3v) is 5.29. The van der Waals surface area contributed by atoms with Crippen molar-refractivity contribution in [2.45, 2.75) is 51.6 Å². The second-order valence-electron chi connectivity index (χ2n) is 5.02. The molecule has 124 valence electrons. The Morgan fingerprint density at radius 3 is 2.55 bits per heavy atom. The SMILES string of the molecule is CCC(CC)(NC(C)=O)c1ncc(CC(NSC)C(=O)O)s1. The Kier molecular flexibility index (Phi) is 7.31. The highest BCUT2D eigenvalue weighted by Gasteiger charge is 2.33. The van der Waals surface area contributed by atoms with Gasteiger partial charge in [0.05, 0.1) is 5.54 Å². The molecular formula is C14H23N3O3S2. The lowest BCUT2D eigenvalue weighted by molar-refractivity contribution is -0.138. The van der Waals surface area contributed by atoms with Crippen molar-refractivity contribution in [2.24, 2.45) is 0 Å². The molecule has 0 spiro atoms. The predicted octanol–water partition coefficient (Wildman–Crippen LogP) is 2.16. The number of thiazole rings is 1. The van der Waals surface area contributed by atoms with Crippen LogP contribution in [0.1, 0.15) is 43.5 Å². The Morgan fingerprint density at radius 1 is 1.45 bits per heavy atom. The number of hydrogen-bond donors (Lipinski definition) is 3. The summed E-state index contributed by atoms with van der Waals surface area (Å²) in [6.45, 7) is 5.52. The van der Waals surface area contributed by atoms with Gasteiger partial charge in [0.2, 0.25) is 5.91 Å². The van der Waals surface area contributed by atoms with Crippen LogP contribution in [-0.4, -0.2) is 34.3 Å². The van der Waals surface area contributed by atoms with E-state index < -0.39 is 17.6 Å². The van der Waals surface area contributed by atoms with Crippen LogP contribution in [0.4, 0.5) is 0 Å². The lowest BCUT2D eigenvalue weighted by Crippen LogP contribution is -2.43. The summed E-state index contributed by atoms with van der Waals surface area (Å²) in [6, 6.07) is -0.651. The Hall–Kier alpha value is -1.12. The fraction of sp³-hybridized carbons (Fsp3) is 0.643. The number of amides is 1. The van der Waals surface area contributed by atoms with Gasteiger partial charge >= 0.3 is 5.97 Å². The van der Waals surface area contributed by atoms with E-state index in [1.807, 2.05) is 13.8 Å². The van der Waals surface area contributed by atoms with Gasteiger partial charge in [-0.2, -0.15) is 0 Å². The molecule has 8 heteroatoms. The first-order valence-corrected chi connectivity index (χ1v) is 9.17. The summed E-state index contributed by atoms with van der Waals surface area (Å²) in [4.78, 5) is 28.0. The molecule has 1 aromatic heterocycles. The van der Waals surface area contributed by atoms with Crippen LogP contribution in [0.3, 0.4) is 0 Å². The maximum Gasteiger partial charge on any atom is 0.321 e. The molecule has 0 radical (unpaired) electrons. The van der Waals surface area contributed by atoms with Gasteiger partial charge in [-0.25, -0.2) is 9.71 Å². The topological polar surface area (TPSA) is 91.3 Å². The van der Waals surface area contributed by atoms with E-state index in [2.05, 4.69) is 15.0 Å². The number of carboxylic acids is 1. The summed E-state index contributed by atoms with van der Waals surface area (Å²) in [7, 11) is 0. The van der Waals surface area contributed by atoms with Gasteiger partial charge in [0.25, 0.3) is 0 Å². The molecule has 1 aromatic rings. The van der Waals surface area contributed by atoms with Crippen molar-refractivity contribution in [2.75, 3.05) is 6.26 Å². The van der Waals surface area contributed by atoms with Gasteiger partial charge in [-0.05, 0) is 19.1 Å². The molecule has 0 bridgehead atoms. The van der Waals surface area contributed by atoms with Gasteiger partial charge in [-0.1, -0.05) is 25.8 Å². The van der Waals surface area contributed by atoms with Crippen molar-refractivity contribution in [3.8, 4) is 0 Å². The predicted molar refractivity (Wildman–Crippen MR) is 90.0 cm³/mol. The van der Waals surface area contributed by atoms with E-state index in [0.29, 0.717) is 6.42 Å². The zero-order valence-corrected chi connectivity index (χ0v) is 14.9. The highest BCUT2D eigenvalue weighted by Crippen LogP contribution is 2.32. The molecule has 3 N–H and O–H groups in total. The molecule has 0 saturated carbocycles. The van der Waals surface area contributed by atoms with Crippen LogP contribution in [0.5, 0.6) is 0 Å². The van der Waals surface area contributed by atoms with E-state index in [1.54, 1.807) is 12.5 Å². The van der Waals surface area contributed by atoms with Crippen LogP contribution in [0.2, 0.25) is 0 Å². The minimum atomic E-state index is -0.886. The molecule has 0 aliphatic rings. The summed E-state index contributed by atoms with van der Waals surface area (Å²) in [6.07, 6.45) is 5.35. The molecule has 1 amide bonds. The van der Waals surface area contributed by atoms with E-state index in [9.17, 15) is 14.7 Å². The fourth-order valence-corrected chi connectivity index (χ4v) is 3.98. The van der Waals surface area contributed by atoms with Crippen molar-refractivity contribution < 1.29 is 14.7 Å². The van der Waals surface area contributed by atoms with E-state index >= 15 is 0 Å². The molecule has 22 heavy (non-hydrogen) atoms. The molecule has 6 nitrogen and oxygen atoms in total. The van der Waals surface area contributed by atoms with Gasteiger partial charge in [0.15, 0.2) is 0 Å². The summed E-state index contributed by atoms with van der Waals surface area (Å²) >= 11 is 2.75. The molecule has 0 saturated heterocycles. The monoisotopic (exact) mass is 345 g/mol. The third kappa shape index (κ3) is 4.69. The van der Waals surface area contributed by atoms with Crippen LogP contribution in [0, 0.1) is 0 Å². The second-order valence-corrected chi connectivity index (χ2v) is 6.78. The molecule has 1 rings (SSSR count). The average molecular weight is 345 g/mol. The van der Waals surface area contributed by atoms with Gasteiger partial charge < -0.3 is 10.4 Å². The fourth-order valence-electron chi connectivity index (χ4n) is 2.27. The molecule has 0 aliphatic heterocycles. The smallest absolute Gasteiger partial charge is 0.321 e. The average Bonchev–Trinajstić information content (AvgIpc) is 2.93. The quantitative estimate of drug-likeness (QED) is 0.594. The summed E-state index contributed by atoms with van der Waals surface area (Å²) in [5.74, 6) is -0.976. The van der Waals surface area contributed by atoms with Crippen LogP contribution in [0.15, 0.2) is 6.20 Å². The Balaban J connectivity index is 2.97. The first kappa shape index (κ1) is 18.9. The lowest BCUT2D eigenvalue weighted by atomic mass is 9.93. The molecule has 1 unspecified atom stereocenters. The largest absolute Gasteiger partial charge is 0.480 e. The number of rotatable bonds is 9. The Bertz CT molecular complexity index is 515. The molecule has 1 atom stereocenters. The standard InChI is InChI=1S/C14H23N3O3S2/c1-5-14(6-2,16-9(3)18)13-15-8-10(22-13)7-11(12(19)20)17-21-4/h8,11,17H,5-7H2,1-4H3,(H,16,18)(H,19,20). The summed E-state index contributed by atoms with van der Waals surface area (Å²) in [5.41, 5.74) is -0.472. The van der Waals surface area contributed by atoms with Crippen LogP contribution >= 0.6 is 23.3 Å². The number of carbonyl (C=O) groups is 2. The van der Waals surface area contributed by atoms with Gasteiger partial charge in [0.1, 0.15) is 11.0 Å². The van der Waals surface area contributed by atoms with Crippen molar-refractivity contribution in [3.05, 3.63) is 16.1 Å². The first-order chi connectivity index (χ1) is 10.4. The van der Waals surface area contributed by atoms with Crippen molar-refractivity contribution in [1.82, 2.24) is 15.0 Å². The molecule has 0 aliphatic carbocycles. The van der Waals surface area contributed by atoms with Crippen LogP contribution in [-0.2, 0) is 21.5 Å². The number of carboxylic acid groups (broad SMARTS) is 1. The summed E-state index contributed by atoms with van der Waals surface area (Å²) in [5, 5.41) is 13.0. The Morgan fingerprint density at radius 2 is 2.09 bits per heavy atom. The third-order valence-electron chi connectivity index (χ3n) is 3.55. The van der Waals surface area contributed by atoms with E-state index in [-0.39, 0.29) is 5.91 Å². The van der Waals surface area contributed by atoms with Crippen molar-refractivity contribution >= 4 is 35.2 Å². The van der Waals surface area contributed by atoms with Crippen LogP contribution in [0.25, 0.3) is 0 Å². The molecule has 0 aromatic carbocycles. The van der Waals surface area contributed by atoms with Gasteiger partial charge in [-0.15, -0.1) is 11.3 Å². The van der Waals surface area contributed by atoms with Crippen LogP contribution < -0.4 is 10.0 Å². The number of aliphatic carboxylic acids is 1. The number of aromatic nitrogens is 1. The van der Waals surface area contributed by atoms with Crippen molar-refractivity contribution in [3.63, 3.8) is 0 Å². The van der Waals surface area contributed by atoms with Gasteiger partial charge in [0, 0.05) is 24.4 Å². The number of nitrogens with one attached hydrogen (secondary N) is 2. The highest BCUT2D eigenvalue weighted by molar-refractivity contribution is 7.96. The minimum absolute atomic E-state index is 0.0899. The van der Waals surface area contributed by atoms with E-state index in [0.717, 1.165) is 22.7 Å². The van der Waals surface area contributed by atoms with Gasteiger partial charge in [-0.3, -0.25) is 9.59 Å². The zero-order chi connectivity index (χ0) is 16.8.